The molecule has 0 amide bonds. The van der Waals surface area contributed by atoms with Crippen molar-refractivity contribution >= 4 is 0 Å². The Morgan fingerprint density at radius 2 is 2.00 bits per heavy atom. The summed E-state index contributed by atoms with van der Waals surface area (Å²) in [6, 6.07) is 1.42. The topological polar surface area (TPSA) is 24.5 Å². The molecule has 4 atom stereocenters. The molecule has 0 saturated carbocycles. The van der Waals surface area contributed by atoms with Gasteiger partial charge in [-0.15, -0.1) is 0 Å². The minimum absolute atomic E-state index is 0.512. The first-order valence-corrected chi connectivity index (χ1v) is 7.87. The molecule has 2 rings (SSSR count). The second-order valence-corrected chi connectivity index (χ2v) is 5.90. The summed E-state index contributed by atoms with van der Waals surface area (Å²) in [4.78, 5) is 2.73. The molecular weight excluding hydrogens is 224 g/mol. The lowest BCUT2D eigenvalue weighted by molar-refractivity contribution is 0.0545. The van der Waals surface area contributed by atoms with Crippen LogP contribution in [0.3, 0.4) is 0 Å². The van der Waals surface area contributed by atoms with E-state index in [1.807, 2.05) is 0 Å². The van der Waals surface area contributed by atoms with E-state index in [0.29, 0.717) is 12.1 Å². The van der Waals surface area contributed by atoms with Crippen molar-refractivity contribution in [2.75, 3.05) is 26.2 Å². The van der Waals surface area contributed by atoms with Gasteiger partial charge in [-0.05, 0) is 31.6 Å². The van der Waals surface area contributed by atoms with Crippen LogP contribution in [-0.2, 0) is 4.74 Å². The lowest BCUT2D eigenvalue weighted by atomic mass is 9.96. The van der Waals surface area contributed by atoms with Crippen LogP contribution in [0, 0.1) is 5.92 Å². The maximum atomic E-state index is 5.84. The number of nitrogens with one attached hydrogen (secondary N) is 1. The first-order chi connectivity index (χ1) is 8.78. The van der Waals surface area contributed by atoms with Gasteiger partial charge < -0.3 is 10.1 Å². The van der Waals surface area contributed by atoms with Gasteiger partial charge in [0.05, 0.1) is 6.10 Å². The number of nitrogens with zero attached hydrogens (tertiary/aromatic N) is 1. The largest absolute Gasteiger partial charge is 0.378 e. The van der Waals surface area contributed by atoms with Gasteiger partial charge in [-0.3, -0.25) is 4.90 Å². The van der Waals surface area contributed by atoms with E-state index in [-0.39, 0.29) is 0 Å². The monoisotopic (exact) mass is 254 g/mol. The first-order valence-electron chi connectivity index (χ1n) is 7.87. The average molecular weight is 254 g/mol. The Labute approximate surface area is 112 Å². The highest BCUT2D eigenvalue weighted by Crippen LogP contribution is 2.26. The molecule has 0 aromatic carbocycles. The predicted molar refractivity (Wildman–Crippen MR) is 75.9 cm³/mol. The molecule has 0 radical (unpaired) electrons. The second-order valence-electron chi connectivity index (χ2n) is 5.90. The van der Waals surface area contributed by atoms with Crippen LogP contribution in [-0.4, -0.2) is 49.3 Å². The zero-order valence-corrected chi connectivity index (χ0v) is 12.3. The quantitative estimate of drug-likeness (QED) is 0.814. The fourth-order valence-corrected chi connectivity index (χ4v) is 3.48. The van der Waals surface area contributed by atoms with E-state index in [1.54, 1.807) is 0 Å². The highest BCUT2D eigenvalue weighted by Gasteiger charge is 2.32. The van der Waals surface area contributed by atoms with E-state index in [1.165, 1.54) is 45.3 Å². The Hall–Kier alpha value is -0.120. The second kappa shape index (κ2) is 6.88. The van der Waals surface area contributed by atoms with Gasteiger partial charge >= 0.3 is 0 Å². The molecule has 106 valence electrons. The molecule has 3 nitrogen and oxygen atoms in total. The van der Waals surface area contributed by atoms with Gasteiger partial charge in [0.1, 0.15) is 0 Å². The molecule has 2 saturated heterocycles. The standard InChI is InChI=1S/C15H30N2O/c1-4-13-11-17(14(5-2)9-16-13)10-12-7-8-18-15(12)6-3/h12-16H,4-11H2,1-3H3. The van der Waals surface area contributed by atoms with E-state index in [0.717, 1.165) is 18.6 Å². The molecule has 2 aliphatic heterocycles. The molecule has 18 heavy (non-hydrogen) atoms. The fraction of sp³-hybridized carbons (Fsp3) is 1.00. The zero-order valence-electron chi connectivity index (χ0n) is 12.3. The van der Waals surface area contributed by atoms with Crippen molar-refractivity contribution in [1.82, 2.24) is 10.2 Å². The van der Waals surface area contributed by atoms with Crippen molar-refractivity contribution in [3.63, 3.8) is 0 Å². The minimum atomic E-state index is 0.512. The molecular formula is C15H30N2O. The summed E-state index contributed by atoms with van der Waals surface area (Å²) in [6.45, 7) is 11.5. The van der Waals surface area contributed by atoms with Crippen molar-refractivity contribution in [3.05, 3.63) is 0 Å². The summed E-state index contributed by atoms with van der Waals surface area (Å²) in [6.07, 6.45) is 5.44. The summed E-state index contributed by atoms with van der Waals surface area (Å²) in [5.74, 6) is 0.764. The molecule has 2 aliphatic rings. The molecule has 0 aliphatic carbocycles. The number of piperazine rings is 1. The highest BCUT2D eigenvalue weighted by atomic mass is 16.5. The number of ether oxygens (including phenoxy) is 1. The van der Waals surface area contributed by atoms with Gasteiger partial charge in [-0.25, -0.2) is 0 Å². The van der Waals surface area contributed by atoms with Gasteiger partial charge in [-0.1, -0.05) is 20.8 Å². The van der Waals surface area contributed by atoms with Crippen LogP contribution in [0.15, 0.2) is 0 Å². The first kappa shape index (κ1) is 14.3. The lowest BCUT2D eigenvalue weighted by Crippen LogP contribution is -2.57. The maximum absolute atomic E-state index is 5.84. The molecule has 2 fully saturated rings. The molecule has 0 aromatic heterocycles. The fourth-order valence-electron chi connectivity index (χ4n) is 3.48. The van der Waals surface area contributed by atoms with Crippen molar-refractivity contribution in [2.24, 2.45) is 5.92 Å². The van der Waals surface area contributed by atoms with E-state index in [4.69, 9.17) is 4.74 Å². The van der Waals surface area contributed by atoms with E-state index in [2.05, 4.69) is 31.0 Å². The Morgan fingerprint density at radius 1 is 1.17 bits per heavy atom. The summed E-state index contributed by atoms with van der Waals surface area (Å²) in [5, 5.41) is 3.68. The highest BCUT2D eigenvalue weighted by molar-refractivity contribution is 4.88. The smallest absolute Gasteiger partial charge is 0.0613 e. The van der Waals surface area contributed by atoms with Crippen LogP contribution < -0.4 is 5.32 Å². The molecule has 0 bridgehead atoms. The molecule has 4 unspecified atom stereocenters. The van der Waals surface area contributed by atoms with Gasteiger partial charge in [0, 0.05) is 38.3 Å². The third-order valence-electron chi connectivity index (χ3n) is 4.80. The Kier molecular flexibility index (Phi) is 5.46. The van der Waals surface area contributed by atoms with Gasteiger partial charge in [0.25, 0.3) is 0 Å². The van der Waals surface area contributed by atoms with Crippen LogP contribution in [0.25, 0.3) is 0 Å². The van der Waals surface area contributed by atoms with E-state index in [9.17, 15) is 0 Å². The Bertz CT molecular complexity index is 247. The summed E-state index contributed by atoms with van der Waals surface area (Å²) < 4.78 is 5.84. The van der Waals surface area contributed by atoms with Crippen molar-refractivity contribution in [3.8, 4) is 0 Å². The van der Waals surface area contributed by atoms with E-state index < -0.39 is 0 Å². The van der Waals surface area contributed by atoms with Crippen molar-refractivity contribution < 1.29 is 4.74 Å². The third kappa shape index (κ3) is 3.25. The summed E-state index contributed by atoms with van der Waals surface area (Å²) >= 11 is 0. The predicted octanol–water partition coefficient (Wildman–Crippen LogP) is 2.26. The molecule has 1 N–H and O–H groups in total. The van der Waals surface area contributed by atoms with Gasteiger partial charge in [0.2, 0.25) is 0 Å². The van der Waals surface area contributed by atoms with Crippen LogP contribution in [0.4, 0.5) is 0 Å². The summed E-state index contributed by atoms with van der Waals surface area (Å²) in [7, 11) is 0. The SMILES string of the molecule is CCC1CN(CC2CCOC2CC)C(CC)CN1. The van der Waals surface area contributed by atoms with Crippen LogP contribution >= 0.6 is 0 Å². The van der Waals surface area contributed by atoms with E-state index >= 15 is 0 Å². The number of hydrogen-bond donors (Lipinski definition) is 1. The molecule has 3 heteroatoms. The van der Waals surface area contributed by atoms with Crippen LogP contribution in [0.5, 0.6) is 0 Å². The molecule has 2 heterocycles. The third-order valence-corrected chi connectivity index (χ3v) is 4.80. The summed E-state index contributed by atoms with van der Waals surface area (Å²) in [5.41, 5.74) is 0. The number of rotatable bonds is 5. The maximum Gasteiger partial charge on any atom is 0.0613 e. The van der Waals surface area contributed by atoms with Gasteiger partial charge in [0.15, 0.2) is 0 Å². The van der Waals surface area contributed by atoms with Crippen LogP contribution in [0.1, 0.15) is 46.5 Å². The zero-order chi connectivity index (χ0) is 13.0. The van der Waals surface area contributed by atoms with Gasteiger partial charge in [-0.2, -0.15) is 0 Å². The number of hydrogen-bond acceptors (Lipinski definition) is 3. The molecule has 0 spiro atoms. The Balaban J connectivity index is 1.91. The van der Waals surface area contributed by atoms with Crippen molar-refractivity contribution in [1.29, 1.82) is 0 Å². The lowest BCUT2D eigenvalue weighted by Gasteiger charge is -2.41. The van der Waals surface area contributed by atoms with Crippen molar-refractivity contribution in [2.45, 2.75) is 64.6 Å². The Morgan fingerprint density at radius 3 is 2.67 bits per heavy atom. The minimum Gasteiger partial charge on any atom is -0.378 e. The van der Waals surface area contributed by atoms with Crippen LogP contribution in [0.2, 0.25) is 0 Å². The average Bonchev–Trinajstić information content (AvgIpc) is 2.86. The normalized spacial score (nSPS) is 38.2. The molecule has 0 aromatic rings.